The van der Waals surface area contributed by atoms with Crippen LogP contribution < -0.4 is 10.1 Å². The molecule has 0 saturated heterocycles. The third kappa shape index (κ3) is 5.38. The third-order valence-electron chi connectivity index (χ3n) is 2.56. The van der Waals surface area contributed by atoms with Crippen LogP contribution in [-0.2, 0) is 11.3 Å². The molecule has 0 radical (unpaired) electrons. The summed E-state index contributed by atoms with van der Waals surface area (Å²) in [4.78, 5) is 0. The van der Waals surface area contributed by atoms with E-state index in [1.165, 1.54) is 0 Å². The molecule has 0 fully saturated rings. The Bertz CT molecular complexity index is 342. The summed E-state index contributed by atoms with van der Waals surface area (Å²) in [5.74, 6) is 0.690. The Morgan fingerprint density at radius 2 is 2.11 bits per heavy atom. The van der Waals surface area contributed by atoms with Gasteiger partial charge in [-0.3, -0.25) is 0 Å². The highest BCUT2D eigenvalue weighted by Crippen LogP contribution is 2.25. The summed E-state index contributed by atoms with van der Waals surface area (Å²) in [5, 5.41) is 12.9. The molecule has 0 aromatic heterocycles. The molecule has 0 spiro atoms. The van der Waals surface area contributed by atoms with Gasteiger partial charge < -0.3 is 19.9 Å². The van der Waals surface area contributed by atoms with Gasteiger partial charge in [0.1, 0.15) is 0 Å². The second-order valence-electron chi connectivity index (χ2n) is 4.15. The van der Waals surface area contributed by atoms with E-state index in [4.69, 9.17) is 9.47 Å². The molecule has 1 aromatic rings. The van der Waals surface area contributed by atoms with Crippen LogP contribution in [0.25, 0.3) is 0 Å². The zero-order valence-corrected chi connectivity index (χ0v) is 11.2. The Kier molecular flexibility index (Phi) is 7.22. The van der Waals surface area contributed by atoms with E-state index >= 15 is 0 Å². The van der Waals surface area contributed by atoms with Gasteiger partial charge in [-0.1, -0.05) is 13.0 Å². The summed E-state index contributed by atoms with van der Waals surface area (Å²) in [6.07, 6.45) is 2.07. The van der Waals surface area contributed by atoms with Gasteiger partial charge >= 0.3 is 0 Å². The molecule has 0 unspecified atom stereocenters. The van der Waals surface area contributed by atoms with Crippen LogP contribution in [0, 0.1) is 0 Å². The lowest BCUT2D eigenvalue weighted by molar-refractivity contribution is 0.132. The molecular formula is C14H23NO3. The number of benzene rings is 1. The predicted octanol–water partition coefficient (Wildman–Crippen LogP) is 2.31. The molecule has 1 rings (SSSR count). The fourth-order valence-corrected chi connectivity index (χ4v) is 1.62. The molecular weight excluding hydrogens is 230 g/mol. The highest BCUT2D eigenvalue weighted by Gasteiger charge is 2.01. The first-order valence-corrected chi connectivity index (χ1v) is 6.42. The van der Waals surface area contributed by atoms with Gasteiger partial charge in [-0.15, -0.1) is 0 Å². The van der Waals surface area contributed by atoms with Gasteiger partial charge in [-0.2, -0.15) is 0 Å². The first kappa shape index (κ1) is 14.8. The second-order valence-corrected chi connectivity index (χ2v) is 4.15. The zero-order valence-electron chi connectivity index (χ0n) is 11.2. The second kappa shape index (κ2) is 8.78. The lowest BCUT2D eigenvalue weighted by Gasteiger charge is -2.08. The van der Waals surface area contributed by atoms with Gasteiger partial charge in [0, 0.05) is 19.8 Å². The van der Waals surface area contributed by atoms with Crippen LogP contribution in [0.15, 0.2) is 18.2 Å². The summed E-state index contributed by atoms with van der Waals surface area (Å²) in [5.41, 5.74) is 1.04. The molecule has 0 bridgehead atoms. The summed E-state index contributed by atoms with van der Waals surface area (Å²) >= 11 is 0. The maximum Gasteiger partial charge on any atom is 0.160 e. The van der Waals surface area contributed by atoms with E-state index in [2.05, 4.69) is 12.2 Å². The SMILES string of the molecule is CCCOCCCNCc1ccc(OC)c(O)c1. The van der Waals surface area contributed by atoms with Crippen molar-refractivity contribution in [1.82, 2.24) is 5.32 Å². The average Bonchev–Trinajstić information content (AvgIpc) is 2.38. The molecule has 0 aliphatic heterocycles. The van der Waals surface area contributed by atoms with Gasteiger partial charge in [0.25, 0.3) is 0 Å². The summed E-state index contributed by atoms with van der Waals surface area (Å²) in [6.45, 7) is 5.40. The number of nitrogens with one attached hydrogen (secondary N) is 1. The molecule has 0 amide bonds. The molecule has 0 aliphatic carbocycles. The lowest BCUT2D eigenvalue weighted by Crippen LogP contribution is -2.16. The van der Waals surface area contributed by atoms with Crippen LogP contribution in [0.4, 0.5) is 0 Å². The van der Waals surface area contributed by atoms with Crippen molar-refractivity contribution in [3.05, 3.63) is 23.8 Å². The third-order valence-corrected chi connectivity index (χ3v) is 2.56. The lowest BCUT2D eigenvalue weighted by atomic mass is 10.2. The van der Waals surface area contributed by atoms with Crippen LogP contribution in [0.3, 0.4) is 0 Å². The zero-order chi connectivity index (χ0) is 13.2. The van der Waals surface area contributed by atoms with Crippen molar-refractivity contribution >= 4 is 0 Å². The first-order valence-electron chi connectivity index (χ1n) is 6.42. The van der Waals surface area contributed by atoms with E-state index < -0.39 is 0 Å². The van der Waals surface area contributed by atoms with Crippen LogP contribution in [-0.4, -0.2) is 32.0 Å². The van der Waals surface area contributed by atoms with Gasteiger partial charge in [0.05, 0.1) is 7.11 Å². The number of phenols is 1. The predicted molar refractivity (Wildman–Crippen MR) is 72.1 cm³/mol. The number of rotatable bonds is 9. The Balaban J connectivity index is 2.17. The summed E-state index contributed by atoms with van der Waals surface area (Å²) in [7, 11) is 1.54. The van der Waals surface area contributed by atoms with Crippen molar-refractivity contribution < 1.29 is 14.6 Å². The topological polar surface area (TPSA) is 50.7 Å². The molecule has 0 aliphatic rings. The van der Waals surface area contributed by atoms with Gasteiger partial charge in [0.2, 0.25) is 0 Å². The Labute approximate surface area is 109 Å². The van der Waals surface area contributed by atoms with E-state index in [1.54, 1.807) is 19.2 Å². The van der Waals surface area contributed by atoms with Crippen LogP contribution >= 0.6 is 0 Å². The molecule has 4 heteroatoms. The Morgan fingerprint density at radius 1 is 1.28 bits per heavy atom. The average molecular weight is 253 g/mol. The Hall–Kier alpha value is -1.26. The number of hydrogen-bond acceptors (Lipinski definition) is 4. The first-order chi connectivity index (χ1) is 8.77. The van der Waals surface area contributed by atoms with Gasteiger partial charge in [0.15, 0.2) is 11.5 Å². The minimum atomic E-state index is 0.183. The molecule has 102 valence electrons. The highest BCUT2D eigenvalue weighted by molar-refractivity contribution is 5.41. The van der Waals surface area contributed by atoms with E-state index in [0.717, 1.165) is 44.7 Å². The molecule has 0 heterocycles. The van der Waals surface area contributed by atoms with E-state index in [0.29, 0.717) is 5.75 Å². The van der Waals surface area contributed by atoms with E-state index in [9.17, 15) is 5.11 Å². The van der Waals surface area contributed by atoms with Gasteiger partial charge in [-0.25, -0.2) is 0 Å². The Morgan fingerprint density at radius 3 is 2.78 bits per heavy atom. The van der Waals surface area contributed by atoms with Gasteiger partial charge in [-0.05, 0) is 37.1 Å². The highest BCUT2D eigenvalue weighted by atomic mass is 16.5. The fourth-order valence-electron chi connectivity index (χ4n) is 1.62. The maximum atomic E-state index is 9.62. The summed E-state index contributed by atoms with van der Waals surface area (Å²) in [6, 6.07) is 5.44. The van der Waals surface area contributed by atoms with Crippen LogP contribution in [0.1, 0.15) is 25.3 Å². The van der Waals surface area contributed by atoms with E-state index in [-0.39, 0.29) is 5.75 Å². The van der Waals surface area contributed by atoms with Crippen molar-refractivity contribution in [3.8, 4) is 11.5 Å². The van der Waals surface area contributed by atoms with E-state index in [1.807, 2.05) is 6.07 Å². The number of ether oxygens (including phenoxy) is 2. The molecule has 2 N–H and O–H groups in total. The standard InChI is InChI=1S/C14H23NO3/c1-3-8-18-9-4-7-15-11-12-5-6-14(17-2)13(16)10-12/h5-6,10,15-16H,3-4,7-9,11H2,1-2H3. The molecule has 0 saturated carbocycles. The van der Waals surface area contributed by atoms with Crippen LogP contribution in [0.5, 0.6) is 11.5 Å². The van der Waals surface area contributed by atoms with Crippen molar-refractivity contribution in [2.24, 2.45) is 0 Å². The fraction of sp³-hybridized carbons (Fsp3) is 0.571. The molecule has 18 heavy (non-hydrogen) atoms. The number of aromatic hydroxyl groups is 1. The van der Waals surface area contributed by atoms with Crippen molar-refractivity contribution in [2.75, 3.05) is 26.9 Å². The van der Waals surface area contributed by atoms with Crippen molar-refractivity contribution in [1.29, 1.82) is 0 Å². The molecule has 1 aromatic carbocycles. The number of phenolic OH excluding ortho intramolecular Hbond substituents is 1. The van der Waals surface area contributed by atoms with Crippen molar-refractivity contribution in [3.63, 3.8) is 0 Å². The largest absolute Gasteiger partial charge is 0.504 e. The smallest absolute Gasteiger partial charge is 0.160 e. The number of methoxy groups -OCH3 is 1. The minimum absolute atomic E-state index is 0.183. The minimum Gasteiger partial charge on any atom is -0.504 e. The molecule has 0 atom stereocenters. The quantitative estimate of drug-likeness (QED) is 0.663. The maximum absolute atomic E-state index is 9.62. The molecule has 4 nitrogen and oxygen atoms in total. The number of hydrogen-bond donors (Lipinski definition) is 2. The van der Waals surface area contributed by atoms with Crippen LogP contribution in [0.2, 0.25) is 0 Å². The normalized spacial score (nSPS) is 10.6. The van der Waals surface area contributed by atoms with Crippen molar-refractivity contribution in [2.45, 2.75) is 26.3 Å². The summed E-state index contributed by atoms with van der Waals surface area (Å²) < 4.78 is 10.4. The monoisotopic (exact) mass is 253 g/mol.